The molecule has 0 bridgehead atoms. The summed E-state index contributed by atoms with van der Waals surface area (Å²) in [5.74, 6) is 1.29. The average Bonchev–Trinajstić information content (AvgIpc) is 2.11. The van der Waals surface area contributed by atoms with Gasteiger partial charge in [-0.2, -0.15) is 0 Å². The quantitative estimate of drug-likeness (QED) is 0.614. The van der Waals surface area contributed by atoms with Crippen LogP contribution in [0.3, 0.4) is 0 Å². The Balaban J connectivity index is 3.83. The molecule has 2 unspecified atom stereocenters. The van der Waals surface area contributed by atoms with Gasteiger partial charge in [-0.1, -0.05) is 5.92 Å². The minimum atomic E-state index is -1.04. The summed E-state index contributed by atoms with van der Waals surface area (Å²) in [6, 6.07) is 0. The van der Waals surface area contributed by atoms with Crippen molar-refractivity contribution in [2.45, 2.75) is 26.1 Å². The maximum absolute atomic E-state index is 10.5. The molecule has 13 heavy (non-hydrogen) atoms. The van der Waals surface area contributed by atoms with Crippen LogP contribution in [-0.4, -0.2) is 36.5 Å². The second-order valence-corrected chi connectivity index (χ2v) is 2.42. The fourth-order valence-corrected chi connectivity index (χ4v) is 0.672. The second kappa shape index (κ2) is 6.46. The maximum atomic E-state index is 10.5. The Morgan fingerprint density at radius 3 is 2.62 bits per heavy atom. The van der Waals surface area contributed by atoms with Crippen LogP contribution in [0, 0.1) is 12.3 Å². The molecule has 0 aliphatic rings. The van der Waals surface area contributed by atoms with Gasteiger partial charge in [0.2, 0.25) is 0 Å². The average molecular weight is 186 g/mol. The summed E-state index contributed by atoms with van der Waals surface area (Å²) in [6.07, 6.45) is 3.73. The van der Waals surface area contributed by atoms with E-state index >= 15 is 0 Å². The smallest absolute Gasteiger partial charge is 0.335 e. The lowest BCUT2D eigenvalue weighted by Gasteiger charge is -2.13. The van der Waals surface area contributed by atoms with Crippen molar-refractivity contribution in [2.24, 2.45) is 0 Å². The first-order valence-electron chi connectivity index (χ1n) is 4.04. The van der Waals surface area contributed by atoms with Gasteiger partial charge < -0.3 is 14.6 Å². The number of carboxylic acids is 1. The van der Waals surface area contributed by atoms with Crippen LogP contribution in [0.25, 0.3) is 0 Å². The van der Waals surface area contributed by atoms with Gasteiger partial charge in [0.15, 0.2) is 6.10 Å². The molecule has 74 valence electrons. The molecule has 0 spiro atoms. The van der Waals surface area contributed by atoms with Crippen molar-refractivity contribution in [3.63, 3.8) is 0 Å². The van der Waals surface area contributed by atoms with Crippen molar-refractivity contribution in [1.82, 2.24) is 0 Å². The third-order valence-electron chi connectivity index (χ3n) is 1.38. The molecule has 0 saturated carbocycles. The number of rotatable bonds is 6. The lowest BCUT2D eigenvalue weighted by atomic mass is 10.3. The first kappa shape index (κ1) is 11.9. The number of carbonyl (C=O) groups is 1. The summed E-state index contributed by atoms with van der Waals surface area (Å²) in [4.78, 5) is 10.5. The molecule has 4 heteroatoms. The van der Waals surface area contributed by atoms with Gasteiger partial charge in [0.25, 0.3) is 0 Å². The number of terminal acetylenes is 1. The van der Waals surface area contributed by atoms with E-state index in [-0.39, 0.29) is 12.7 Å². The van der Waals surface area contributed by atoms with E-state index in [9.17, 15) is 4.79 Å². The largest absolute Gasteiger partial charge is 0.479 e. The monoisotopic (exact) mass is 186 g/mol. The van der Waals surface area contributed by atoms with Crippen LogP contribution in [0.15, 0.2) is 0 Å². The zero-order valence-electron chi connectivity index (χ0n) is 7.82. The molecule has 0 aromatic carbocycles. The predicted octanol–water partition coefficient (Wildman–Crippen LogP) is 0.514. The summed E-state index contributed by atoms with van der Waals surface area (Å²) < 4.78 is 9.93. The number of hydrogen-bond acceptors (Lipinski definition) is 3. The molecule has 0 aromatic rings. The van der Waals surface area contributed by atoms with Crippen molar-refractivity contribution in [2.75, 3.05) is 13.2 Å². The van der Waals surface area contributed by atoms with Gasteiger partial charge in [-0.3, -0.25) is 0 Å². The third-order valence-corrected chi connectivity index (χ3v) is 1.38. The van der Waals surface area contributed by atoms with Gasteiger partial charge in [-0.05, 0) is 13.8 Å². The molecule has 0 fully saturated rings. The minimum absolute atomic E-state index is 0.0193. The zero-order valence-corrected chi connectivity index (χ0v) is 7.82. The summed E-state index contributed by atoms with van der Waals surface area (Å²) >= 11 is 0. The van der Waals surface area contributed by atoms with Gasteiger partial charge in [-0.25, -0.2) is 4.79 Å². The molecule has 0 rings (SSSR count). The highest BCUT2D eigenvalue weighted by atomic mass is 16.6. The molecular weight excluding hydrogens is 172 g/mol. The normalized spacial score (nSPS) is 14.5. The van der Waals surface area contributed by atoms with Crippen molar-refractivity contribution < 1.29 is 19.4 Å². The number of aliphatic carboxylic acids is 1. The Morgan fingerprint density at radius 2 is 2.23 bits per heavy atom. The van der Waals surface area contributed by atoms with Gasteiger partial charge in [0, 0.05) is 6.61 Å². The highest BCUT2D eigenvalue weighted by molar-refractivity contribution is 5.72. The molecule has 0 aliphatic heterocycles. The van der Waals surface area contributed by atoms with Crippen molar-refractivity contribution in [3.8, 4) is 12.3 Å². The van der Waals surface area contributed by atoms with E-state index in [0.717, 1.165) is 0 Å². The Bertz CT molecular complexity index is 194. The molecular formula is C9H14O4. The molecule has 0 aliphatic carbocycles. The summed E-state index contributed by atoms with van der Waals surface area (Å²) in [6.45, 7) is 3.71. The predicted molar refractivity (Wildman–Crippen MR) is 47.3 cm³/mol. The SMILES string of the molecule is C#CC(C)OCC(OCC)C(=O)O. The van der Waals surface area contributed by atoms with E-state index in [2.05, 4.69) is 5.92 Å². The number of carboxylic acid groups (broad SMARTS) is 1. The standard InChI is InChI=1S/C9H14O4/c1-4-7(3)13-6-8(9(10)11)12-5-2/h1,7-8H,5-6H2,2-3H3,(H,10,11). The number of hydrogen-bond donors (Lipinski definition) is 1. The van der Waals surface area contributed by atoms with Gasteiger partial charge in [0.1, 0.15) is 6.10 Å². The summed E-state index contributed by atoms with van der Waals surface area (Å²) in [7, 11) is 0. The van der Waals surface area contributed by atoms with E-state index in [1.54, 1.807) is 13.8 Å². The van der Waals surface area contributed by atoms with Crippen LogP contribution >= 0.6 is 0 Å². The van der Waals surface area contributed by atoms with Crippen LogP contribution in [0.5, 0.6) is 0 Å². The lowest BCUT2D eigenvalue weighted by Crippen LogP contribution is -2.30. The molecule has 0 saturated heterocycles. The van der Waals surface area contributed by atoms with Crippen LogP contribution in [0.2, 0.25) is 0 Å². The van der Waals surface area contributed by atoms with Crippen LogP contribution < -0.4 is 0 Å². The lowest BCUT2D eigenvalue weighted by molar-refractivity contribution is -0.154. The highest BCUT2D eigenvalue weighted by Crippen LogP contribution is 1.97. The Morgan fingerprint density at radius 1 is 1.62 bits per heavy atom. The molecule has 0 aromatic heterocycles. The minimum Gasteiger partial charge on any atom is -0.479 e. The fraction of sp³-hybridized carbons (Fsp3) is 0.667. The highest BCUT2D eigenvalue weighted by Gasteiger charge is 2.18. The van der Waals surface area contributed by atoms with E-state index < -0.39 is 12.1 Å². The van der Waals surface area contributed by atoms with Crippen LogP contribution in [0.1, 0.15) is 13.8 Å². The third kappa shape index (κ3) is 5.23. The maximum Gasteiger partial charge on any atom is 0.335 e. The van der Waals surface area contributed by atoms with Crippen LogP contribution in [-0.2, 0) is 14.3 Å². The van der Waals surface area contributed by atoms with Crippen molar-refractivity contribution in [3.05, 3.63) is 0 Å². The van der Waals surface area contributed by atoms with Gasteiger partial charge >= 0.3 is 5.97 Å². The topological polar surface area (TPSA) is 55.8 Å². The molecule has 2 atom stereocenters. The first-order chi connectivity index (χ1) is 6.11. The molecule has 0 radical (unpaired) electrons. The molecule has 0 amide bonds. The fourth-order valence-electron chi connectivity index (χ4n) is 0.672. The Hall–Kier alpha value is -1.05. The summed E-state index contributed by atoms with van der Waals surface area (Å²) in [5.41, 5.74) is 0. The van der Waals surface area contributed by atoms with E-state index in [1.807, 2.05) is 0 Å². The molecule has 0 heterocycles. The first-order valence-corrected chi connectivity index (χ1v) is 4.04. The Labute approximate surface area is 77.8 Å². The van der Waals surface area contributed by atoms with Crippen LogP contribution in [0.4, 0.5) is 0 Å². The van der Waals surface area contributed by atoms with E-state index in [0.29, 0.717) is 6.61 Å². The second-order valence-electron chi connectivity index (χ2n) is 2.42. The van der Waals surface area contributed by atoms with E-state index in [4.69, 9.17) is 21.0 Å². The summed E-state index contributed by atoms with van der Waals surface area (Å²) in [5, 5.41) is 8.63. The zero-order chi connectivity index (χ0) is 10.3. The molecule has 4 nitrogen and oxygen atoms in total. The Kier molecular flexibility index (Phi) is 5.94. The van der Waals surface area contributed by atoms with E-state index in [1.165, 1.54) is 0 Å². The number of ether oxygens (including phenoxy) is 2. The van der Waals surface area contributed by atoms with Gasteiger partial charge in [-0.15, -0.1) is 6.42 Å². The van der Waals surface area contributed by atoms with Crippen molar-refractivity contribution in [1.29, 1.82) is 0 Å². The van der Waals surface area contributed by atoms with Crippen molar-refractivity contribution >= 4 is 5.97 Å². The van der Waals surface area contributed by atoms with Gasteiger partial charge in [0.05, 0.1) is 6.61 Å². The molecule has 1 N–H and O–H groups in total.